The molecule has 78 valence electrons. The molecule has 1 aromatic carbocycles. The third-order valence-corrected chi connectivity index (χ3v) is 2.21. The summed E-state index contributed by atoms with van der Waals surface area (Å²) in [6.07, 6.45) is -1.22. The van der Waals surface area contributed by atoms with Gasteiger partial charge in [-0.15, -0.1) is 0 Å². The van der Waals surface area contributed by atoms with E-state index in [9.17, 15) is 9.59 Å². The number of fused-ring (bicyclic) bond motifs is 1. The Morgan fingerprint density at radius 3 is 2.87 bits per heavy atom. The highest BCUT2D eigenvalue weighted by atomic mass is 16.6. The molecule has 1 N–H and O–H groups in total. The highest BCUT2D eigenvalue weighted by Gasteiger charge is 2.36. The van der Waals surface area contributed by atoms with Crippen LogP contribution in [0.3, 0.4) is 0 Å². The van der Waals surface area contributed by atoms with Crippen LogP contribution in [-0.2, 0) is 9.53 Å². The van der Waals surface area contributed by atoms with Crippen LogP contribution in [0.2, 0.25) is 0 Å². The summed E-state index contributed by atoms with van der Waals surface area (Å²) in [5.74, 6) is -1.30. The molecule has 0 aliphatic carbocycles. The minimum atomic E-state index is -1.22. The molecule has 1 aliphatic heterocycles. The van der Waals surface area contributed by atoms with Crippen LogP contribution < -0.4 is 4.74 Å². The molecule has 5 heteroatoms. The largest absolute Gasteiger partial charge is 0.497 e. The van der Waals surface area contributed by atoms with Gasteiger partial charge in [-0.1, -0.05) is 0 Å². The molecule has 1 aliphatic rings. The lowest BCUT2D eigenvalue weighted by molar-refractivity contribution is -0.146. The SMILES string of the molecule is COc1ccc2c(c1)C(C(=O)O)OC2=O. The molecule has 1 aromatic rings. The van der Waals surface area contributed by atoms with Gasteiger partial charge in [0.25, 0.3) is 0 Å². The number of ether oxygens (including phenoxy) is 2. The maximum atomic E-state index is 11.3. The number of aliphatic carboxylic acids is 1. The van der Waals surface area contributed by atoms with Crippen molar-refractivity contribution in [3.05, 3.63) is 29.3 Å². The van der Waals surface area contributed by atoms with Crippen molar-refractivity contribution < 1.29 is 24.2 Å². The molecule has 0 bridgehead atoms. The van der Waals surface area contributed by atoms with Gasteiger partial charge in [0.05, 0.1) is 12.7 Å². The zero-order chi connectivity index (χ0) is 11.0. The number of carboxylic acids is 1. The topological polar surface area (TPSA) is 72.8 Å². The Kier molecular flexibility index (Phi) is 2.07. The first-order valence-corrected chi connectivity index (χ1v) is 4.25. The number of carbonyl (C=O) groups excluding carboxylic acids is 1. The average Bonchev–Trinajstić information content (AvgIpc) is 2.56. The van der Waals surface area contributed by atoms with Gasteiger partial charge in [0.1, 0.15) is 5.75 Å². The van der Waals surface area contributed by atoms with Gasteiger partial charge in [-0.3, -0.25) is 0 Å². The van der Waals surface area contributed by atoms with Crippen molar-refractivity contribution in [2.45, 2.75) is 6.10 Å². The second-order valence-corrected chi connectivity index (χ2v) is 3.08. The van der Waals surface area contributed by atoms with Gasteiger partial charge < -0.3 is 14.6 Å². The summed E-state index contributed by atoms with van der Waals surface area (Å²) < 4.78 is 9.64. The summed E-state index contributed by atoms with van der Waals surface area (Å²) in [6.45, 7) is 0. The third-order valence-electron chi connectivity index (χ3n) is 2.21. The molecule has 15 heavy (non-hydrogen) atoms. The number of cyclic esters (lactones) is 1. The predicted molar refractivity (Wildman–Crippen MR) is 48.8 cm³/mol. The maximum absolute atomic E-state index is 11.3. The second kappa shape index (κ2) is 3.27. The molecule has 1 unspecified atom stereocenters. The fraction of sp³-hybridized carbons (Fsp3) is 0.200. The van der Waals surface area contributed by atoms with Crippen molar-refractivity contribution in [2.75, 3.05) is 7.11 Å². The van der Waals surface area contributed by atoms with Crippen LogP contribution in [0, 0.1) is 0 Å². The van der Waals surface area contributed by atoms with Crippen molar-refractivity contribution in [1.82, 2.24) is 0 Å². The molecule has 0 saturated heterocycles. The van der Waals surface area contributed by atoms with Crippen molar-refractivity contribution in [3.63, 3.8) is 0 Å². The smallest absolute Gasteiger partial charge is 0.349 e. The number of rotatable bonds is 2. The number of methoxy groups -OCH3 is 1. The molecule has 0 saturated carbocycles. The second-order valence-electron chi connectivity index (χ2n) is 3.08. The van der Waals surface area contributed by atoms with E-state index in [0.29, 0.717) is 11.3 Å². The van der Waals surface area contributed by atoms with Crippen LogP contribution in [0.1, 0.15) is 22.0 Å². The van der Waals surface area contributed by atoms with Crippen LogP contribution in [0.5, 0.6) is 5.75 Å². The zero-order valence-corrected chi connectivity index (χ0v) is 7.89. The van der Waals surface area contributed by atoms with E-state index in [-0.39, 0.29) is 5.56 Å². The molecule has 0 amide bonds. The molecule has 1 heterocycles. The Bertz CT molecular complexity index is 437. The Labute approximate surface area is 85.2 Å². The first-order chi connectivity index (χ1) is 7.13. The quantitative estimate of drug-likeness (QED) is 0.733. The first-order valence-electron chi connectivity index (χ1n) is 4.25. The molecule has 5 nitrogen and oxygen atoms in total. The van der Waals surface area contributed by atoms with Crippen LogP contribution in [0.15, 0.2) is 18.2 Å². The van der Waals surface area contributed by atoms with Gasteiger partial charge in [-0.25, -0.2) is 9.59 Å². The standard InChI is InChI=1S/C10H8O5/c1-14-5-2-3-6-7(4-5)8(9(11)12)15-10(6)13/h2-4,8H,1H3,(H,11,12). The Morgan fingerprint density at radius 2 is 2.27 bits per heavy atom. The fourth-order valence-electron chi connectivity index (χ4n) is 1.49. The van der Waals surface area contributed by atoms with E-state index in [0.717, 1.165) is 0 Å². The van der Waals surface area contributed by atoms with Gasteiger partial charge in [-0.05, 0) is 18.2 Å². The van der Waals surface area contributed by atoms with Crippen molar-refractivity contribution in [2.24, 2.45) is 0 Å². The molecule has 0 aromatic heterocycles. The lowest BCUT2D eigenvalue weighted by Gasteiger charge is -2.05. The Morgan fingerprint density at radius 1 is 1.53 bits per heavy atom. The minimum absolute atomic E-state index is 0.281. The molecular formula is C10H8O5. The van der Waals surface area contributed by atoms with E-state index in [1.54, 1.807) is 6.07 Å². The summed E-state index contributed by atoms with van der Waals surface area (Å²) in [5, 5.41) is 8.82. The highest BCUT2D eigenvalue weighted by Crippen LogP contribution is 2.33. The number of carbonyl (C=O) groups is 2. The monoisotopic (exact) mass is 208 g/mol. The molecule has 0 radical (unpaired) electrons. The normalized spacial score (nSPS) is 18.2. The molecular weight excluding hydrogens is 200 g/mol. The predicted octanol–water partition coefficient (Wildman–Crippen LogP) is 0.991. The van der Waals surface area contributed by atoms with Crippen LogP contribution >= 0.6 is 0 Å². The van der Waals surface area contributed by atoms with E-state index < -0.39 is 18.0 Å². The summed E-state index contributed by atoms with van der Waals surface area (Å²) in [5.41, 5.74) is 0.620. The summed E-state index contributed by atoms with van der Waals surface area (Å²) in [4.78, 5) is 22.0. The lowest BCUT2D eigenvalue weighted by atomic mass is 10.0. The fourth-order valence-corrected chi connectivity index (χ4v) is 1.49. The van der Waals surface area contributed by atoms with Gasteiger partial charge in [-0.2, -0.15) is 0 Å². The number of hydrogen-bond acceptors (Lipinski definition) is 4. The maximum Gasteiger partial charge on any atom is 0.349 e. The van der Waals surface area contributed by atoms with E-state index in [1.807, 2.05) is 0 Å². The van der Waals surface area contributed by atoms with Crippen molar-refractivity contribution >= 4 is 11.9 Å². The van der Waals surface area contributed by atoms with Gasteiger partial charge in [0, 0.05) is 5.56 Å². The van der Waals surface area contributed by atoms with E-state index in [4.69, 9.17) is 14.6 Å². The molecule has 0 spiro atoms. The Hall–Kier alpha value is -2.04. The van der Waals surface area contributed by atoms with Gasteiger partial charge >= 0.3 is 11.9 Å². The van der Waals surface area contributed by atoms with E-state index >= 15 is 0 Å². The highest BCUT2D eigenvalue weighted by molar-refractivity contribution is 5.98. The number of hydrogen-bond donors (Lipinski definition) is 1. The summed E-state index contributed by atoms with van der Waals surface area (Å²) >= 11 is 0. The van der Waals surface area contributed by atoms with Crippen LogP contribution in [0.4, 0.5) is 0 Å². The molecule has 1 atom stereocenters. The number of carboxylic acid groups (broad SMARTS) is 1. The van der Waals surface area contributed by atoms with Crippen LogP contribution in [-0.4, -0.2) is 24.2 Å². The van der Waals surface area contributed by atoms with E-state index in [1.165, 1.54) is 19.2 Å². The number of benzene rings is 1. The molecule has 2 rings (SSSR count). The minimum Gasteiger partial charge on any atom is -0.497 e. The van der Waals surface area contributed by atoms with Crippen molar-refractivity contribution in [1.29, 1.82) is 0 Å². The lowest BCUT2D eigenvalue weighted by Crippen LogP contribution is -2.10. The first kappa shape index (κ1) is 9.51. The Balaban J connectivity index is 2.52. The van der Waals surface area contributed by atoms with Gasteiger partial charge in [0.15, 0.2) is 0 Å². The summed E-state index contributed by atoms with van der Waals surface area (Å²) in [6, 6.07) is 4.59. The van der Waals surface area contributed by atoms with Gasteiger partial charge in [0.2, 0.25) is 6.10 Å². The summed E-state index contributed by atoms with van der Waals surface area (Å²) in [7, 11) is 1.47. The average molecular weight is 208 g/mol. The van der Waals surface area contributed by atoms with Crippen molar-refractivity contribution in [3.8, 4) is 5.75 Å². The number of esters is 1. The molecule has 0 fully saturated rings. The zero-order valence-electron chi connectivity index (χ0n) is 7.89. The van der Waals surface area contributed by atoms with Crippen LogP contribution in [0.25, 0.3) is 0 Å². The third kappa shape index (κ3) is 1.41. The van der Waals surface area contributed by atoms with E-state index in [2.05, 4.69) is 0 Å².